The van der Waals surface area contributed by atoms with Crippen molar-refractivity contribution in [1.82, 2.24) is 5.32 Å². The minimum atomic E-state index is -3.75. The van der Waals surface area contributed by atoms with Crippen LogP contribution in [0, 0.1) is 0 Å². The van der Waals surface area contributed by atoms with Crippen LogP contribution in [0.3, 0.4) is 0 Å². The Balaban J connectivity index is -0.000000262. The summed E-state index contributed by atoms with van der Waals surface area (Å²) in [7, 11) is -2.13. The SMILES string of the molecule is CNCCS(=O)(=O)O.NC(CCC(=O)O)C(=O)O.[NaH]. The molecule has 0 saturated heterocycles. The zero-order valence-corrected chi connectivity index (χ0v) is 10.7. The summed E-state index contributed by atoms with van der Waals surface area (Å²) in [6, 6.07) is -1.06. The number of hydrogen-bond acceptors (Lipinski definition) is 6. The van der Waals surface area contributed by atoms with Gasteiger partial charge in [0.25, 0.3) is 10.1 Å². The van der Waals surface area contributed by atoms with Gasteiger partial charge in [-0.3, -0.25) is 14.1 Å². The van der Waals surface area contributed by atoms with E-state index in [1.54, 1.807) is 7.05 Å². The average Bonchev–Trinajstić information content (AvgIpc) is 2.22. The van der Waals surface area contributed by atoms with E-state index in [1.165, 1.54) is 0 Å². The molecule has 11 heteroatoms. The van der Waals surface area contributed by atoms with Crippen molar-refractivity contribution in [2.45, 2.75) is 18.9 Å². The fraction of sp³-hybridized carbons (Fsp3) is 0.750. The minimum absolute atomic E-state index is 0. The molecule has 0 radical (unpaired) electrons. The molecule has 6 N–H and O–H groups in total. The molecule has 110 valence electrons. The second-order valence-corrected chi connectivity index (χ2v) is 4.84. The predicted molar refractivity (Wildman–Crippen MR) is 70.0 cm³/mol. The molecule has 1 unspecified atom stereocenters. The van der Waals surface area contributed by atoms with Crippen molar-refractivity contribution in [2.24, 2.45) is 5.73 Å². The van der Waals surface area contributed by atoms with Crippen molar-refractivity contribution >= 4 is 51.6 Å². The first kappa shape index (κ1) is 23.8. The Morgan fingerprint density at radius 2 is 1.79 bits per heavy atom. The zero-order chi connectivity index (χ0) is 14.8. The van der Waals surface area contributed by atoms with Gasteiger partial charge in [0.05, 0.1) is 5.75 Å². The zero-order valence-electron chi connectivity index (χ0n) is 9.87. The van der Waals surface area contributed by atoms with Crippen molar-refractivity contribution < 1.29 is 32.8 Å². The summed E-state index contributed by atoms with van der Waals surface area (Å²) in [5.74, 6) is -2.42. The van der Waals surface area contributed by atoms with Crippen molar-refractivity contribution in [1.29, 1.82) is 0 Å². The molecule has 0 aromatic carbocycles. The molecule has 0 fully saturated rings. The molecular weight excluding hydrogens is 291 g/mol. The molecule has 0 bridgehead atoms. The molecule has 0 spiro atoms. The first-order valence-corrected chi connectivity index (χ1v) is 6.51. The first-order chi connectivity index (χ1) is 8.10. The van der Waals surface area contributed by atoms with Crippen LogP contribution in [0.5, 0.6) is 0 Å². The Morgan fingerprint density at radius 1 is 1.32 bits per heavy atom. The van der Waals surface area contributed by atoms with Crippen LogP contribution in [0.4, 0.5) is 0 Å². The average molecular weight is 310 g/mol. The third-order valence-electron chi connectivity index (χ3n) is 1.60. The van der Waals surface area contributed by atoms with Crippen molar-refractivity contribution in [3.8, 4) is 0 Å². The summed E-state index contributed by atoms with van der Waals surface area (Å²) < 4.78 is 27.9. The van der Waals surface area contributed by atoms with Gasteiger partial charge in [-0.1, -0.05) is 0 Å². The maximum absolute atomic E-state index is 9.99. The molecule has 0 aliphatic rings. The number of carboxylic acid groups (broad SMARTS) is 2. The molecular formula is C8H19N2NaO7S. The molecule has 0 heterocycles. The van der Waals surface area contributed by atoms with E-state index in [1.807, 2.05) is 0 Å². The number of carbonyl (C=O) groups is 2. The number of rotatable bonds is 7. The van der Waals surface area contributed by atoms with Gasteiger partial charge < -0.3 is 21.3 Å². The van der Waals surface area contributed by atoms with Crippen LogP contribution in [0.25, 0.3) is 0 Å². The number of hydrogen-bond donors (Lipinski definition) is 5. The standard InChI is InChI=1S/C5H9NO4.C3H9NO3S.Na.H/c6-3(5(9)10)1-2-4(7)8;1-4-2-3-8(5,6)7;;/h3H,1-2,6H2,(H,7,8)(H,9,10);4H,2-3H2,1H3,(H,5,6,7);;. The van der Waals surface area contributed by atoms with Gasteiger partial charge in [-0.15, -0.1) is 0 Å². The number of aliphatic carboxylic acids is 2. The fourth-order valence-electron chi connectivity index (χ4n) is 0.633. The van der Waals surface area contributed by atoms with E-state index >= 15 is 0 Å². The number of nitrogens with one attached hydrogen (secondary N) is 1. The maximum atomic E-state index is 9.99. The Labute approximate surface area is 133 Å². The van der Waals surface area contributed by atoms with E-state index in [9.17, 15) is 18.0 Å². The van der Waals surface area contributed by atoms with E-state index in [-0.39, 0.29) is 48.2 Å². The van der Waals surface area contributed by atoms with Gasteiger partial charge in [0.2, 0.25) is 0 Å². The van der Waals surface area contributed by atoms with E-state index in [2.05, 4.69) is 5.32 Å². The van der Waals surface area contributed by atoms with Crippen LogP contribution in [0.1, 0.15) is 12.8 Å². The summed E-state index contributed by atoms with van der Waals surface area (Å²) in [6.45, 7) is 0.291. The molecule has 0 amide bonds. The second kappa shape index (κ2) is 12.8. The van der Waals surface area contributed by atoms with Gasteiger partial charge in [0.15, 0.2) is 0 Å². The molecule has 19 heavy (non-hydrogen) atoms. The van der Waals surface area contributed by atoms with Crippen LogP contribution in [0.2, 0.25) is 0 Å². The molecule has 0 saturated carbocycles. The molecule has 0 aliphatic heterocycles. The molecule has 0 aromatic rings. The topological polar surface area (TPSA) is 167 Å². The van der Waals surface area contributed by atoms with E-state index in [0.717, 1.165) is 0 Å². The Kier molecular flexibility index (Phi) is 16.0. The summed E-state index contributed by atoms with van der Waals surface area (Å²) in [5.41, 5.74) is 5.00. The summed E-state index contributed by atoms with van der Waals surface area (Å²) in [4.78, 5) is 19.9. The van der Waals surface area contributed by atoms with Gasteiger partial charge in [-0.05, 0) is 13.5 Å². The summed E-state index contributed by atoms with van der Waals surface area (Å²) >= 11 is 0. The Hall–Kier alpha value is -0.230. The molecule has 0 rings (SSSR count). The monoisotopic (exact) mass is 310 g/mol. The first-order valence-electron chi connectivity index (χ1n) is 4.90. The van der Waals surface area contributed by atoms with E-state index < -0.39 is 28.1 Å². The third-order valence-corrected chi connectivity index (χ3v) is 2.32. The second-order valence-electron chi connectivity index (χ2n) is 3.27. The van der Waals surface area contributed by atoms with E-state index in [4.69, 9.17) is 20.5 Å². The van der Waals surface area contributed by atoms with Crippen molar-refractivity contribution in [3.05, 3.63) is 0 Å². The van der Waals surface area contributed by atoms with Gasteiger partial charge in [-0.2, -0.15) is 8.42 Å². The Morgan fingerprint density at radius 3 is 2.00 bits per heavy atom. The van der Waals surface area contributed by atoms with Crippen molar-refractivity contribution in [3.63, 3.8) is 0 Å². The normalized spacial score (nSPS) is 11.5. The van der Waals surface area contributed by atoms with Crippen LogP contribution in [-0.2, 0) is 19.7 Å². The van der Waals surface area contributed by atoms with Gasteiger partial charge in [0.1, 0.15) is 6.04 Å². The molecule has 1 atom stereocenters. The Bertz CT molecular complexity index is 360. The molecule has 9 nitrogen and oxygen atoms in total. The summed E-state index contributed by atoms with van der Waals surface area (Å²) in [5, 5.41) is 18.9. The number of nitrogens with two attached hydrogens (primary N) is 1. The van der Waals surface area contributed by atoms with Gasteiger partial charge >= 0.3 is 41.5 Å². The van der Waals surface area contributed by atoms with Crippen LogP contribution >= 0.6 is 0 Å². The molecule has 0 aliphatic carbocycles. The van der Waals surface area contributed by atoms with Crippen LogP contribution in [0.15, 0.2) is 0 Å². The summed E-state index contributed by atoms with van der Waals surface area (Å²) in [6.07, 6.45) is -0.224. The third kappa shape index (κ3) is 23.3. The van der Waals surface area contributed by atoms with Crippen molar-refractivity contribution in [2.75, 3.05) is 19.3 Å². The molecule has 0 aromatic heterocycles. The van der Waals surface area contributed by atoms with E-state index in [0.29, 0.717) is 6.54 Å². The van der Waals surface area contributed by atoms with Crippen LogP contribution in [-0.4, -0.2) is 90.1 Å². The number of carboxylic acids is 2. The quantitative estimate of drug-likeness (QED) is 0.257. The van der Waals surface area contributed by atoms with Gasteiger partial charge in [-0.25, -0.2) is 0 Å². The predicted octanol–water partition coefficient (Wildman–Crippen LogP) is -2.29. The van der Waals surface area contributed by atoms with Crippen LogP contribution < -0.4 is 11.1 Å². The van der Waals surface area contributed by atoms with Gasteiger partial charge in [0, 0.05) is 13.0 Å². The fourth-order valence-corrected chi connectivity index (χ4v) is 1.10.